The minimum absolute atomic E-state index is 0.0482. The van der Waals surface area contributed by atoms with Gasteiger partial charge in [0.15, 0.2) is 0 Å². The molecular weight excluding hydrogens is 281 g/mol. The molecule has 0 fully saturated rings. The van der Waals surface area contributed by atoms with Crippen LogP contribution in [0.15, 0.2) is 18.2 Å². The molecule has 0 aromatic heterocycles. The van der Waals surface area contributed by atoms with Gasteiger partial charge in [-0.2, -0.15) is 0 Å². The highest BCUT2D eigenvalue weighted by Gasteiger charge is 2.20. The van der Waals surface area contributed by atoms with Crippen LogP contribution < -0.4 is 5.32 Å². The topological polar surface area (TPSA) is 86.6 Å². The molecule has 0 heterocycles. The summed E-state index contributed by atoms with van der Waals surface area (Å²) in [6.07, 6.45) is -0.162. The average Bonchev–Trinajstić information content (AvgIpc) is 2.27. The minimum atomic E-state index is -1.11. The number of benzene rings is 1. The summed E-state index contributed by atoms with van der Waals surface area (Å²) in [5, 5.41) is 20.8. The second kappa shape index (κ2) is 6.58. The van der Waals surface area contributed by atoms with E-state index >= 15 is 0 Å². The van der Waals surface area contributed by atoms with Crippen LogP contribution in [0.4, 0.5) is 0 Å². The highest BCUT2D eigenvalue weighted by Crippen LogP contribution is 2.25. The molecule has 18 heavy (non-hydrogen) atoms. The molecule has 3 N–H and O–H groups in total. The molecule has 0 radical (unpaired) electrons. The first kappa shape index (κ1) is 14.8. The Labute approximate surface area is 113 Å². The van der Waals surface area contributed by atoms with Crippen LogP contribution in [-0.2, 0) is 9.59 Å². The summed E-state index contributed by atoms with van der Waals surface area (Å²) in [6.45, 7) is 0.0482. The smallest absolute Gasteiger partial charge is 0.325 e. The first-order chi connectivity index (χ1) is 8.41. The van der Waals surface area contributed by atoms with Crippen LogP contribution in [-0.4, -0.2) is 28.7 Å². The van der Waals surface area contributed by atoms with Crippen molar-refractivity contribution in [3.8, 4) is 0 Å². The van der Waals surface area contributed by atoms with Gasteiger partial charge in [-0.3, -0.25) is 9.59 Å². The number of hydrogen-bond acceptors (Lipinski definition) is 3. The van der Waals surface area contributed by atoms with Gasteiger partial charge in [-0.25, -0.2) is 0 Å². The molecule has 0 aliphatic heterocycles. The fraction of sp³-hybridized carbons (Fsp3) is 0.273. The molecule has 1 unspecified atom stereocenters. The van der Waals surface area contributed by atoms with Crippen molar-refractivity contribution in [2.24, 2.45) is 0 Å². The van der Waals surface area contributed by atoms with Crippen LogP contribution in [0.25, 0.3) is 0 Å². The van der Waals surface area contributed by atoms with E-state index in [9.17, 15) is 9.59 Å². The van der Waals surface area contributed by atoms with E-state index in [4.69, 9.17) is 33.4 Å². The van der Waals surface area contributed by atoms with Crippen molar-refractivity contribution < 1.29 is 19.8 Å². The predicted octanol–water partition coefficient (Wildman–Crippen LogP) is 2.18. The average molecular weight is 292 g/mol. The van der Waals surface area contributed by atoms with Crippen LogP contribution in [0.3, 0.4) is 0 Å². The first-order valence-corrected chi connectivity index (χ1v) is 5.80. The van der Waals surface area contributed by atoms with Gasteiger partial charge in [-0.1, -0.05) is 29.3 Å². The molecule has 7 heteroatoms. The van der Waals surface area contributed by atoms with E-state index in [-0.39, 0.29) is 18.0 Å². The fourth-order valence-corrected chi connectivity index (χ4v) is 1.67. The van der Waals surface area contributed by atoms with Crippen LogP contribution >= 0.6 is 23.2 Å². The Balaban J connectivity index is 2.80. The summed E-state index contributed by atoms with van der Waals surface area (Å²) in [7, 11) is 0. The molecule has 5 nitrogen and oxygen atoms in total. The van der Waals surface area contributed by atoms with E-state index < -0.39 is 18.0 Å². The lowest BCUT2D eigenvalue weighted by atomic mass is 10.1. The molecule has 0 amide bonds. The Bertz CT molecular complexity index is 464. The first-order valence-electron chi connectivity index (χ1n) is 5.04. The molecule has 1 atom stereocenters. The van der Waals surface area contributed by atoms with Crippen molar-refractivity contribution in [2.45, 2.75) is 12.5 Å². The van der Waals surface area contributed by atoms with Crippen molar-refractivity contribution in [3.63, 3.8) is 0 Å². The van der Waals surface area contributed by atoms with Crippen LogP contribution in [0, 0.1) is 0 Å². The molecule has 98 valence electrons. The molecule has 0 spiro atoms. The summed E-state index contributed by atoms with van der Waals surface area (Å²) in [5.74, 6) is -2.11. The summed E-state index contributed by atoms with van der Waals surface area (Å²) in [4.78, 5) is 21.4. The number of carboxylic acid groups (broad SMARTS) is 2. The van der Waals surface area contributed by atoms with Gasteiger partial charge in [-0.15, -0.1) is 0 Å². The molecule has 0 bridgehead atoms. The molecule has 1 rings (SSSR count). The molecule has 1 aromatic carbocycles. The lowest BCUT2D eigenvalue weighted by Gasteiger charge is -2.14. The van der Waals surface area contributed by atoms with Crippen molar-refractivity contribution in [2.75, 3.05) is 6.54 Å². The number of aliphatic carboxylic acids is 2. The maximum absolute atomic E-state index is 11.1. The highest BCUT2D eigenvalue weighted by atomic mass is 35.5. The Morgan fingerprint density at radius 3 is 2.39 bits per heavy atom. The third kappa shape index (κ3) is 4.18. The zero-order valence-corrected chi connectivity index (χ0v) is 10.7. The lowest BCUT2D eigenvalue weighted by molar-refractivity contribution is -0.141. The van der Waals surface area contributed by atoms with Gasteiger partial charge in [0.05, 0.1) is 16.5 Å². The number of rotatable bonds is 6. The molecule has 0 saturated carbocycles. The molecular formula is C11H11Cl2NO4. The Hall–Kier alpha value is -1.30. The monoisotopic (exact) mass is 291 g/mol. The predicted molar refractivity (Wildman–Crippen MR) is 67.1 cm³/mol. The van der Waals surface area contributed by atoms with Crippen molar-refractivity contribution in [1.29, 1.82) is 0 Å². The summed E-state index contributed by atoms with van der Waals surface area (Å²) >= 11 is 11.5. The standard InChI is InChI=1S/C11H11Cl2NO4/c12-7-2-1-6(5-8(7)13)10(11(17)18)14-4-3-9(15)16/h1-2,5,10,14H,3-4H2,(H,15,16)(H,17,18). The number of carbonyl (C=O) groups is 2. The van der Waals surface area contributed by atoms with Crippen LogP contribution in [0.2, 0.25) is 10.0 Å². The van der Waals surface area contributed by atoms with E-state index in [2.05, 4.69) is 5.32 Å². The zero-order chi connectivity index (χ0) is 13.7. The number of carboxylic acids is 2. The molecule has 0 aliphatic carbocycles. The maximum atomic E-state index is 11.1. The number of halogens is 2. The normalized spacial score (nSPS) is 12.1. The van der Waals surface area contributed by atoms with E-state index in [1.165, 1.54) is 18.2 Å². The quantitative estimate of drug-likeness (QED) is 0.748. The Morgan fingerprint density at radius 2 is 1.89 bits per heavy atom. The fourth-order valence-electron chi connectivity index (χ4n) is 1.36. The second-order valence-corrected chi connectivity index (χ2v) is 4.36. The SMILES string of the molecule is O=C(O)CCNC(C(=O)O)c1ccc(Cl)c(Cl)c1. The van der Waals surface area contributed by atoms with E-state index in [1.807, 2.05) is 0 Å². The van der Waals surface area contributed by atoms with Gasteiger partial charge in [0.25, 0.3) is 0 Å². The third-order valence-corrected chi connectivity index (χ3v) is 2.95. The Kier molecular flexibility index (Phi) is 5.40. The number of nitrogens with one attached hydrogen (secondary N) is 1. The van der Waals surface area contributed by atoms with E-state index in [0.717, 1.165) is 0 Å². The number of hydrogen-bond donors (Lipinski definition) is 3. The van der Waals surface area contributed by atoms with E-state index in [1.54, 1.807) is 0 Å². The highest BCUT2D eigenvalue weighted by molar-refractivity contribution is 6.42. The van der Waals surface area contributed by atoms with Gasteiger partial charge in [0, 0.05) is 6.54 Å². The van der Waals surface area contributed by atoms with Gasteiger partial charge in [0.2, 0.25) is 0 Å². The molecule has 0 aliphatic rings. The van der Waals surface area contributed by atoms with Crippen molar-refractivity contribution >= 4 is 35.1 Å². The maximum Gasteiger partial charge on any atom is 0.325 e. The van der Waals surface area contributed by atoms with Gasteiger partial charge in [0.1, 0.15) is 6.04 Å². The summed E-state index contributed by atoms with van der Waals surface area (Å²) in [6, 6.07) is 3.45. The van der Waals surface area contributed by atoms with Crippen LogP contribution in [0.1, 0.15) is 18.0 Å². The van der Waals surface area contributed by atoms with Crippen molar-refractivity contribution in [1.82, 2.24) is 5.32 Å². The second-order valence-electron chi connectivity index (χ2n) is 3.54. The lowest BCUT2D eigenvalue weighted by Crippen LogP contribution is -2.30. The van der Waals surface area contributed by atoms with Gasteiger partial charge >= 0.3 is 11.9 Å². The largest absolute Gasteiger partial charge is 0.481 e. The minimum Gasteiger partial charge on any atom is -0.481 e. The molecule has 0 saturated heterocycles. The zero-order valence-electron chi connectivity index (χ0n) is 9.19. The van der Waals surface area contributed by atoms with Crippen LogP contribution in [0.5, 0.6) is 0 Å². The Morgan fingerprint density at radius 1 is 1.22 bits per heavy atom. The van der Waals surface area contributed by atoms with Crippen molar-refractivity contribution in [3.05, 3.63) is 33.8 Å². The van der Waals surface area contributed by atoms with Gasteiger partial charge < -0.3 is 15.5 Å². The third-order valence-electron chi connectivity index (χ3n) is 2.21. The van der Waals surface area contributed by atoms with E-state index in [0.29, 0.717) is 10.6 Å². The van der Waals surface area contributed by atoms with Gasteiger partial charge in [-0.05, 0) is 17.7 Å². The summed E-state index contributed by atoms with van der Waals surface area (Å²) in [5.41, 5.74) is 0.419. The summed E-state index contributed by atoms with van der Waals surface area (Å²) < 4.78 is 0. The molecule has 1 aromatic rings.